The lowest BCUT2D eigenvalue weighted by molar-refractivity contribution is -0.117. The highest BCUT2D eigenvalue weighted by Crippen LogP contribution is 2.26. The minimum absolute atomic E-state index is 0.00654. The first-order valence-corrected chi connectivity index (χ1v) is 10.3. The van der Waals surface area contributed by atoms with Gasteiger partial charge in [-0.25, -0.2) is 9.48 Å². The number of nitrogens with zero attached hydrogens (tertiary/aromatic N) is 4. The van der Waals surface area contributed by atoms with E-state index in [1.165, 1.54) is 4.68 Å². The van der Waals surface area contributed by atoms with Gasteiger partial charge in [0.25, 0.3) is 0 Å². The van der Waals surface area contributed by atoms with E-state index >= 15 is 0 Å². The van der Waals surface area contributed by atoms with Crippen molar-refractivity contribution in [2.24, 2.45) is 0 Å². The molecular formula is C21H31N5O3. The third-order valence-electron chi connectivity index (χ3n) is 5.51. The van der Waals surface area contributed by atoms with E-state index in [2.05, 4.69) is 15.3 Å². The van der Waals surface area contributed by atoms with E-state index < -0.39 is 0 Å². The van der Waals surface area contributed by atoms with Gasteiger partial charge in [0.15, 0.2) is 0 Å². The lowest BCUT2D eigenvalue weighted by atomic mass is 9.96. The number of para-hydroxylation sites is 1. The van der Waals surface area contributed by atoms with Crippen LogP contribution in [0.3, 0.4) is 0 Å². The summed E-state index contributed by atoms with van der Waals surface area (Å²) in [5, 5.41) is 7.58. The van der Waals surface area contributed by atoms with Gasteiger partial charge in [-0.15, -0.1) is 0 Å². The lowest BCUT2D eigenvalue weighted by Crippen LogP contribution is -2.39. The molecule has 158 valence electrons. The Kier molecular flexibility index (Phi) is 7.22. The number of hydrogen-bond donors (Lipinski definition) is 1. The molecule has 29 heavy (non-hydrogen) atoms. The first kappa shape index (κ1) is 21.3. The van der Waals surface area contributed by atoms with Crippen molar-refractivity contribution in [2.45, 2.75) is 45.7 Å². The number of benzene rings is 1. The van der Waals surface area contributed by atoms with Gasteiger partial charge in [-0.2, -0.15) is 5.10 Å². The van der Waals surface area contributed by atoms with Crippen LogP contribution in [-0.2, 0) is 22.6 Å². The fourth-order valence-electron chi connectivity index (χ4n) is 3.84. The second-order valence-corrected chi connectivity index (χ2v) is 7.51. The average Bonchev–Trinajstić information content (AvgIpc) is 3.04. The number of carbonyl (C=O) groups excluding carboxylic acids is 1. The van der Waals surface area contributed by atoms with Crippen molar-refractivity contribution >= 4 is 11.6 Å². The predicted molar refractivity (Wildman–Crippen MR) is 112 cm³/mol. The molecule has 1 N–H and O–H groups in total. The fourth-order valence-corrected chi connectivity index (χ4v) is 3.84. The molecule has 1 aromatic heterocycles. The number of piperidine rings is 1. The van der Waals surface area contributed by atoms with Crippen LogP contribution >= 0.6 is 0 Å². The zero-order valence-corrected chi connectivity index (χ0v) is 17.6. The molecule has 0 bridgehead atoms. The Bertz CT molecular complexity index is 881. The summed E-state index contributed by atoms with van der Waals surface area (Å²) >= 11 is 0. The number of amides is 1. The van der Waals surface area contributed by atoms with E-state index in [9.17, 15) is 9.59 Å². The van der Waals surface area contributed by atoms with E-state index in [0.717, 1.165) is 43.0 Å². The Morgan fingerprint density at radius 2 is 2.00 bits per heavy atom. The summed E-state index contributed by atoms with van der Waals surface area (Å²) in [6.45, 7) is 7.51. The van der Waals surface area contributed by atoms with Crippen LogP contribution in [0.1, 0.15) is 37.1 Å². The smallest absolute Gasteiger partial charge is 0.345 e. The minimum Gasteiger partial charge on any atom is -0.383 e. The van der Waals surface area contributed by atoms with E-state index in [1.54, 1.807) is 11.7 Å². The highest BCUT2D eigenvalue weighted by atomic mass is 16.5. The number of anilines is 1. The van der Waals surface area contributed by atoms with E-state index in [0.29, 0.717) is 26.2 Å². The average molecular weight is 402 g/mol. The van der Waals surface area contributed by atoms with Crippen LogP contribution in [0.2, 0.25) is 0 Å². The summed E-state index contributed by atoms with van der Waals surface area (Å²) in [5.41, 5.74) is 1.85. The third kappa shape index (κ3) is 5.13. The molecule has 0 unspecified atom stereocenters. The number of aromatic nitrogens is 3. The zero-order chi connectivity index (χ0) is 20.8. The number of aryl methyl sites for hydroxylation is 1. The SMILES string of the molecule is CCn1c(C2CCN(CC(=O)Nc3ccccc3C)CC2)nn(CCOC)c1=O. The summed E-state index contributed by atoms with van der Waals surface area (Å²) in [7, 11) is 1.62. The van der Waals surface area contributed by atoms with Gasteiger partial charge in [0, 0.05) is 25.3 Å². The Hall–Kier alpha value is -2.45. The second-order valence-electron chi connectivity index (χ2n) is 7.51. The molecule has 1 fully saturated rings. The first-order chi connectivity index (χ1) is 14.0. The summed E-state index contributed by atoms with van der Waals surface area (Å²) in [6.07, 6.45) is 1.77. The first-order valence-electron chi connectivity index (χ1n) is 10.3. The molecule has 2 aromatic rings. The maximum absolute atomic E-state index is 12.5. The molecule has 0 spiro atoms. The summed E-state index contributed by atoms with van der Waals surface area (Å²) in [4.78, 5) is 27.1. The minimum atomic E-state index is -0.0698. The fraction of sp³-hybridized carbons (Fsp3) is 0.571. The van der Waals surface area contributed by atoms with Crippen LogP contribution in [0.5, 0.6) is 0 Å². The molecule has 0 radical (unpaired) electrons. The van der Waals surface area contributed by atoms with Gasteiger partial charge >= 0.3 is 5.69 Å². The molecule has 1 aliphatic rings. The van der Waals surface area contributed by atoms with Crippen molar-refractivity contribution in [1.82, 2.24) is 19.2 Å². The van der Waals surface area contributed by atoms with Gasteiger partial charge in [-0.1, -0.05) is 18.2 Å². The largest absolute Gasteiger partial charge is 0.383 e. The van der Waals surface area contributed by atoms with Crippen molar-refractivity contribution in [1.29, 1.82) is 0 Å². The van der Waals surface area contributed by atoms with Crippen LogP contribution in [0, 0.1) is 6.92 Å². The molecule has 8 nitrogen and oxygen atoms in total. The molecule has 1 aliphatic heterocycles. The number of ether oxygens (including phenoxy) is 1. The molecule has 2 heterocycles. The van der Waals surface area contributed by atoms with Gasteiger partial charge in [0.1, 0.15) is 5.82 Å². The molecule has 8 heteroatoms. The van der Waals surface area contributed by atoms with Gasteiger partial charge in [0.05, 0.1) is 19.7 Å². The Labute approximate surface area is 171 Å². The predicted octanol–water partition coefficient (Wildman–Crippen LogP) is 1.84. The molecule has 1 amide bonds. The Balaban J connectivity index is 1.57. The topological polar surface area (TPSA) is 81.4 Å². The molecule has 1 aromatic carbocycles. The van der Waals surface area contributed by atoms with Crippen molar-refractivity contribution in [3.05, 3.63) is 46.1 Å². The number of rotatable bonds is 8. The van der Waals surface area contributed by atoms with Gasteiger partial charge in [-0.05, 0) is 51.4 Å². The molecule has 3 rings (SSSR count). The van der Waals surface area contributed by atoms with E-state index in [4.69, 9.17) is 4.74 Å². The Morgan fingerprint density at radius 1 is 1.28 bits per heavy atom. The highest BCUT2D eigenvalue weighted by molar-refractivity contribution is 5.92. The number of nitrogens with one attached hydrogen (secondary N) is 1. The van der Waals surface area contributed by atoms with Gasteiger partial charge in [0.2, 0.25) is 5.91 Å². The summed E-state index contributed by atoms with van der Waals surface area (Å²) in [5.74, 6) is 1.10. The molecular weight excluding hydrogens is 370 g/mol. The number of hydrogen-bond acceptors (Lipinski definition) is 5. The van der Waals surface area contributed by atoms with Crippen LogP contribution in [0.25, 0.3) is 0 Å². The molecule has 0 saturated carbocycles. The standard InChI is InChI=1S/C21H31N5O3/c1-4-25-20(23-26(21(25)28)13-14-29-3)17-9-11-24(12-10-17)15-19(27)22-18-8-6-5-7-16(18)2/h5-8,17H,4,9-15H2,1-3H3,(H,22,27). The van der Waals surface area contributed by atoms with Gasteiger partial charge in [-0.3, -0.25) is 14.3 Å². The normalized spacial score (nSPS) is 15.6. The lowest BCUT2D eigenvalue weighted by Gasteiger charge is -2.31. The molecule has 0 aliphatic carbocycles. The third-order valence-corrected chi connectivity index (χ3v) is 5.51. The van der Waals surface area contributed by atoms with Gasteiger partial charge < -0.3 is 10.1 Å². The number of likely N-dealkylation sites (tertiary alicyclic amines) is 1. The molecule has 0 atom stereocenters. The summed E-state index contributed by atoms with van der Waals surface area (Å²) < 4.78 is 8.35. The van der Waals surface area contributed by atoms with Crippen LogP contribution in [0.4, 0.5) is 5.69 Å². The number of carbonyl (C=O) groups is 1. The second kappa shape index (κ2) is 9.84. The van der Waals surface area contributed by atoms with Crippen LogP contribution in [0.15, 0.2) is 29.1 Å². The van der Waals surface area contributed by atoms with Crippen molar-refractivity contribution in [2.75, 3.05) is 38.7 Å². The quantitative estimate of drug-likeness (QED) is 0.730. The van der Waals surface area contributed by atoms with E-state index in [-0.39, 0.29) is 17.5 Å². The van der Waals surface area contributed by atoms with Crippen molar-refractivity contribution in [3.63, 3.8) is 0 Å². The van der Waals surface area contributed by atoms with Crippen LogP contribution < -0.4 is 11.0 Å². The van der Waals surface area contributed by atoms with Crippen LogP contribution in [-0.4, -0.2) is 58.5 Å². The maximum Gasteiger partial charge on any atom is 0.345 e. The van der Waals surface area contributed by atoms with Crippen molar-refractivity contribution in [3.8, 4) is 0 Å². The van der Waals surface area contributed by atoms with E-state index in [1.807, 2.05) is 38.1 Å². The monoisotopic (exact) mass is 401 g/mol. The summed E-state index contributed by atoms with van der Waals surface area (Å²) in [6, 6.07) is 7.79. The van der Waals surface area contributed by atoms with Crippen molar-refractivity contribution < 1.29 is 9.53 Å². The molecule has 1 saturated heterocycles. The zero-order valence-electron chi connectivity index (χ0n) is 17.6. The maximum atomic E-state index is 12.5. The number of methoxy groups -OCH3 is 1. The Morgan fingerprint density at radius 3 is 2.66 bits per heavy atom. The highest BCUT2D eigenvalue weighted by Gasteiger charge is 2.27.